The highest BCUT2D eigenvalue weighted by Gasteiger charge is 2.61. The molecule has 2 aromatic rings. The number of anilines is 1. The Bertz CT molecular complexity index is 851. The molecule has 3 N–H and O–H groups in total. The van der Waals surface area contributed by atoms with Gasteiger partial charge in [0.05, 0.1) is 11.3 Å². The van der Waals surface area contributed by atoms with Crippen molar-refractivity contribution in [2.75, 3.05) is 5.32 Å². The molecular formula is C17H15F6N3O2. The van der Waals surface area contributed by atoms with Gasteiger partial charge in [0, 0.05) is 24.4 Å². The van der Waals surface area contributed by atoms with Gasteiger partial charge in [0.25, 0.3) is 0 Å². The van der Waals surface area contributed by atoms with E-state index >= 15 is 0 Å². The van der Waals surface area contributed by atoms with Crippen molar-refractivity contribution in [3.63, 3.8) is 0 Å². The van der Waals surface area contributed by atoms with E-state index < -0.39 is 48.2 Å². The Kier molecular flexibility index (Phi) is 4.69. The zero-order chi connectivity index (χ0) is 20.9. The molecule has 0 unspecified atom stereocenters. The van der Waals surface area contributed by atoms with Crippen molar-refractivity contribution in [2.24, 2.45) is 0 Å². The first-order valence-corrected chi connectivity index (χ1v) is 8.11. The van der Waals surface area contributed by atoms with Crippen molar-refractivity contribution in [2.45, 2.75) is 43.8 Å². The van der Waals surface area contributed by atoms with Crippen LogP contribution in [-0.4, -0.2) is 38.2 Å². The van der Waals surface area contributed by atoms with E-state index in [1.165, 1.54) is 19.1 Å². The van der Waals surface area contributed by atoms with E-state index in [4.69, 9.17) is 0 Å². The number of phenolic OH excluding ortho intramolecular Hbond substituents is 1. The maximum absolute atomic E-state index is 12.8. The first kappa shape index (κ1) is 20.2. The molecule has 0 amide bonds. The first-order chi connectivity index (χ1) is 12.8. The summed E-state index contributed by atoms with van der Waals surface area (Å²) in [7, 11) is 0. The van der Waals surface area contributed by atoms with Gasteiger partial charge in [-0.1, -0.05) is 0 Å². The van der Waals surface area contributed by atoms with E-state index in [0.29, 0.717) is 6.07 Å². The molecule has 152 valence electrons. The minimum absolute atomic E-state index is 0.0714. The fourth-order valence-corrected chi connectivity index (χ4v) is 3.11. The van der Waals surface area contributed by atoms with Gasteiger partial charge in [0.1, 0.15) is 11.6 Å². The van der Waals surface area contributed by atoms with Crippen LogP contribution in [0.3, 0.4) is 0 Å². The summed E-state index contributed by atoms with van der Waals surface area (Å²) in [5, 5.41) is 29.7. The van der Waals surface area contributed by atoms with Crippen LogP contribution < -0.4 is 5.32 Å². The predicted octanol–water partition coefficient (Wildman–Crippen LogP) is 4.04. The highest BCUT2D eigenvalue weighted by Crippen LogP contribution is 2.46. The molecule has 0 aliphatic heterocycles. The minimum atomic E-state index is -4.71. The highest BCUT2D eigenvalue weighted by atomic mass is 19.4. The lowest BCUT2D eigenvalue weighted by atomic mass is 9.75. The Morgan fingerprint density at radius 1 is 1.07 bits per heavy atom. The zero-order valence-electron chi connectivity index (χ0n) is 14.4. The first-order valence-electron chi connectivity index (χ1n) is 8.11. The normalized spacial score (nSPS) is 22.6. The maximum Gasteiger partial charge on any atom is 0.417 e. The van der Waals surface area contributed by atoms with Crippen LogP contribution in [0, 0.1) is 6.92 Å². The number of aryl methyl sites for hydroxylation is 1. The number of nitrogens with zero attached hydrogens (tertiary/aromatic N) is 2. The standard InChI is InChI=1S/C17H15F6N3O2/c1-8-4-9(16(18,19)20)5-12(27)14(8)11-2-3-13(26-25-11)24-10-6-15(28,7-10)17(21,22)23/h2-5,10,27-28H,6-7H2,1H3,(H,24,26)/t10-,15-. The van der Waals surface area contributed by atoms with E-state index in [-0.39, 0.29) is 22.6 Å². The third kappa shape index (κ3) is 3.71. The van der Waals surface area contributed by atoms with Crippen LogP contribution in [0.5, 0.6) is 5.75 Å². The van der Waals surface area contributed by atoms with Crippen molar-refractivity contribution >= 4 is 5.82 Å². The number of alkyl halides is 6. The predicted molar refractivity (Wildman–Crippen MR) is 86.5 cm³/mol. The smallest absolute Gasteiger partial charge is 0.417 e. The van der Waals surface area contributed by atoms with E-state index in [9.17, 15) is 36.6 Å². The quantitative estimate of drug-likeness (QED) is 0.670. The Labute approximate surface area is 155 Å². The molecule has 0 spiro atoms. The number of hydrogen-bond acceptors (Lipinski definition) is 5. The SMILES string of the molecule is Cc1cc(C(F)(F)F)cc(O)c1-c1ccc(N[C@H]2C[C@@](O)(C(F)(F)F)C2)nn1. The molecule has 1 aromatic heterocycles. The van der Waals surface area contributed by atoms with Crippen molar-refractivity contribution in [1.29, 1.82) is 0 Å². The number of aromatic hydroxyl groups is 1. The summed E-state index contributed by atoms with van der Waals surface area (Å²) in [6.45, 7) is 1.38. The molecule has 1 heterocycles. The lowest BCUT2D eigenvalue weighted by molar-refractivity contribution is -0.288. The molecule has 1 aliphatic rings. The number of aliphatic hydroxyl groups is 1. The van der Waals surface area contributed by atoms with Crippen molar-refractivity contribution < 1.29 is 36.6 Å². The summed E-state index contributed by atoms with van der Waals surface area (Å²) < 4.78 is 76.2. The minimum Gasteiger partial charge on any atom is -0.507 e. The van der Waals surface area contributed by atoms with E-state index in [2.05, 4.69) is 15.5 Å². The molecular weight excluding hydrogens is 392 g/mol. The molecule has 5 nitrogen and oxygen atoms in total. The third-order valence-electron chi connectivity index (χ3n) is 4.61. The van der Waals surface area contributed by atoms with Crippen LogP contribution in [0.2, 0.25) is 0 Å². The van der Waals surface area contributed by atoms with Gasteiger partial charge < -0.3 is 15.5 Å². The number of nitrogens with one attached hydrogen (secondary N) is 1. The molecule has 11 heteroatoms. The number of rotatable bonds is 3. The van der Waals surface area contributed by atoms with Crippen LogP contribution in [0.25, 0.3) is 11.3 Å². The second-order valence-corrected chi connectivity index (χ2v) is 6.77. The number of benzene rings is 1. The summed E-state index contributed by atoms with van der Waals surface area (Å²) in [5.74, 6) is -0.474. The molecule has 28 heavy (non-hydrogen) atoms. The molecule has 1 aliphatic carbocycles. The molecule has 1 aromatic carbocycles. The van der Waals surface area contributed by atoms with Crippen LogP contribution in [-0.2, 0) is 6.18 Å². The molecule has 0 radical (unpaired) electrons. The summed E-state index contributed by atoms with van der Waals surface area (Å²) in [6, 6.07) is 3.56. The molecule has 3 rings (SSSR count). The Morgan fingerprint density at radius 2 is 1.71 bits per heavy atom. The lowest BCUT2D eigenvalue weighted by Crippen LogP contribution is -2.59. The van der Waals surface area contributed by atoms with Crippen molar-refractivity contribution in [3.05, 3.63) is 35.4 Å². The maximum atomic E-state index is 12.8. The van der Waals surface area contributed by atoms with Crippen LogP contribution in [0.15, 0.2) is 24.3 Å². The second kappa shape index (κ2) is 6.50. The average Bonchev–Trinajstić information content (AvgIpc) is 2.52. The van der Waals surface area contributed by atoms with Crippen LogP contribution in [0.4, 0.5) is 32.2 Å². The van der Waals surface area contributed by atoms with Gasteiger partial charge in [-0.05, 0) is 36.8 Å². The molecule has 1 fully saturated rings. The van der Waals surface area contributed by atoms with E-state index in [0.717, 1.165) is 6.07 Å². The summed E-state index contributed by atoms with van der Waals surface area (Å²) in [5.41, 5.74) is -3.41. The van der Waals surface area contributed by atoms with Gasteiger partial charge in [-0.25, -0.2) is 0 Å². The number of hydrogen-bond donors (Lipinski definition) is 3. The van der Waals surface area contributed by atoms with Gasteiger partial charge >= 0.3 is 12.4 Å². The van der Waals surface area contributed by atoms with Gasteiger partial charge in [-0.15, -0.1) is 10.2 Å². The molecule has 0 bridgehead atoms. The number of halogens is 6. The molecule has 0 atom stereocenters. The van der Waals surface area contributed by atoms with Gasteiger partial charge in [-0.3, -0.25) is 0 Å². The monoisotopic (exact) mass is 407 g/mol. The summed E-state index contributed by atoms with van der Waals surface area (Å²) >= 11 is 0. The van der Waals surface area contributed by atoms with Crippen LogP contribution >= 0.6 is 0 Å². The Balaban J connectivity index is 1.74. The molecule has 1 saturated carbocycles. The zero-order valence-corrected chi connectivity index (χ0v) is 14.4. The number of aromatic nitrogens is 2. The van der Waals surface area contributed by atoms with Gasteiger partial charge in [0.2, 0.25) is 0 Å². The Hall–Kier alpha value is -2.56. The largest absolute Gasteiger partial charge is 0.507 e. The Morgan fingerprint density at radius 3 is 2.18 bits per heavy atom. The van der Waals surface area contributed by atoms with Gasteiger partial charge in [-0.2, -0.15) is 26.3 Å². The topological polar surface area (TPSA) is 78.3 Å². The highest BCUT2D eigenvalue weighted by molar-refractivity contribution is 5.71. The fraction of sp³-hybridized carbons (Fsp3) is 0.412. The van der Waals surface area contributed by atoms with Gasteiger partial charge in [0.15, 0.2) is 5.60 Å². The second-order valence-electron chi connectivity index (χ2n) is 6.77. The van der Waals surface area contributed by atoms with Crippen LogP contribution in [0.1, 0.15) is 24.0 Å². The summed E-state index contributed by atoms with van der Waals surface area (Å²) in [6.07, 6.45) is -10.4. The van der Waals surface area contributed by atoms with Crippen molar-refractivity contribution in [3.8, 4) is 17.0 Å². The summed E-state index contributed by atoms with van der Waals surface area (Å²) in [4.78, 5) is 0. The lowest BCUT2D eigenvalue weighted by Gasteiger charge is -2.44. The average molecular weight is 407 g/mol. The molecule has 0 saturated heterocycles. The third-order valence-corrected chi connectivity index (χ3v) is 4.61. The fourth-order valence-electron chi connectivity index (χ4n) is 3.11. The van der Waals surface area contributed by atoms with E-state index in [1.54, 1.807) is 0 Å². The van der Waals surface area contributed by atoms with E-state index in [1.807, 2.05) is 0 Å². The number of phenols is 1. The van der Waals surface area contributed by atoms with Crippen molar-refractivity contribution in [1.82, 2.24) is 10.2 Å².